The van der Waals surface area contributed by atoms with E-state index >= 15 is 0 Å². The normalized spacial score (nSPS) is 27.0. The van der Waals surface area contributed by atoms with Crippen LogP contribution >= 0.6 is 0 Å². The van der Waals surface area contributed by atoms with Crippen LogP contribution in [-0.4, -0.2) is 42.9 Å². The Hall–Kier alpha value is -2.30. The molecular formula is C26H33NO3. The molecule has 1 aliphatic heterocycles. The lowest BCUT2D eigenvalue weighted by Gasteiger charge is -2.52. The highest BCUT2D eigenvalue weighted by Gasteiger charge is 2.48. The van der Waals surface area contributed by atoms with E-state index in [-0.39, 0.29) is 12.0 Å². The number of rotatable bonds is 6. The van der Waals surface area contributed by atoms with Crippen LogP contribution in [0.3, 0.4) is 0 Å². The van der Waals surface area contributed by atoms with Crippen molar-refractivity contribution in [1.82, 2.24) is 4.90 Å². The lowest BCUT2D eigenvalue weighted by molar-refractivity contribution is -0.122. The number of piperidine rings is 1. The maximum atomic E-state index is 11.5. The Morgan fingerprint density at radius 1 is 1.03 bits per heavy atom. The molecule has 2 fully saturated rings. The molecule has 1 saturated heterocycles. The van der Waals surface area contributed by atoms with Crippen LogP contribution in [0.4, 0.5) is 0 Å². The minimum Gasteiger partial charge on any atom is -0.493 e. The van der Waals surface area contributed by atoms with E-state index in [0.29, 0.717) is 0 Å². The molecule has 0 spiro atoms. The molecule has 160 valence electrons. The van der Waals surface area contributed by atoms with Gasteiger partial charge in [-0.15, -0.1) is 0 Å². The van der Waals surface area contributed by atoms with E-state index in [0.717, 1.165) is 50.3 Å². The van der Waals surface area contributed by atoms with Crippen molar-refractivity contribution in [2.24, 2.45) is 5.92 Å². The summed E-state index contributed by atoms with van der Waals surface area (Å²) in [6.45, 7) is 1.76. The average molecular weight is 408 g/mol. The first-order valence-electron chi connectivity index (χ1n) is 11.0. The summed E-state index contributed by atoms with van der Waals surface area (Å²) in [7, 11) is 3.35. The number of benzene rings is 2. The molecule has 2 aromatic carbocycles. The fourth-order valence-corrected chi connectivity index (χ4v) is 5.32. The van der Waals surface area contributed by atoms with Gasteiger partial charge < -0.3 is 14.6 Å². The van der Waals surface area contributed by atoms with E-state index in [4.69, 9.17) is 9.47 Å². The van der Waals surface area contributed by atoms with Crippen LogP contribution in [0.2, 0.25) is 0 Å². The second kappa shape index (κ2) is 9.23. The minimum absolute atomic E-state index is 0.171. The highest BCUT2D eigenvalue weighted by molar-refractivity contribution is 5.49. The third kappa shape index (κ3) is 4.26. The molecule has 4 rings (SSSR count). The minimum atomic E-state index is -0.560. The van der Waals surface area contributed by atoms with Gasteiger partial charge in [-0.1, -0.05) is 61.4 Å². The van der Waals surface area contributed by atoms with Crippen LogP contribution < -0.4 is 9.47 Å². The van der Waals surface area contributed by atoms with Gasteiger partial charge in [0.05, 0.1) is 19.8 Å². The van der Waals surface area contributed by atoms with Gasteiger partial charge in [0.1, 0.15) is 0 Å². The van der Waals surface area contributed by atoms with Gasteiger partial charge in [0.2, 0.25) is 0 Å². The summed E-state index contributed by atoms with van der Waals surface area (Å²) in [6.07, 6.45) is 9.57. The smallest absolute Gasteiger partial charge is 0.161 e. The summed E-state index contributed by atoms with van der Waals surface area (Å²) in [5, 5.41) is 11.5. The van der Waals surface area contributed by atoms with Gasteiger partial charge in [0.25, 0.3) is 0 Å². The molecule has 0 aromatic heterocycles. The predicted molar refractivity (Wildman–Crippen MR) is 121 cm³/mol. The van der Waals surface area contributed by atoms with Crippen molar-refractivity contribution < 1.29 is 14.6 Å². The first kappa shape index (κ1) is 21.0. The van der Waals surface area contributed by atoms with Crippen LogP contribution in [0.1, 0.15) is 49.3 Å². The van der Waals surface area contributed by atoms with Crippen LogP contribution in [0.15, 0.2) is 54.6 Å². The SMILES string of the molecule is COc1ccc([C@H]2[C@H]3CCCC[C@@]3(O)CCN2C/C=C/c2ccccc2)cc1OC. The third-order valence-corrected chi connectivity index (χ3v) is 6.87. The Morgan fingerprint density at radius 3 is 2.60 bits per heavy atom. The first-order chi connectivity index (χ1) is 14.6. The zero-order valence-electron chi connectivity index (χ0n) is 18.1. The topological polar surface area (TPSA) is 41.9 Å². The fourth-order valence-electron chi connectivity index (χ4n) is 5.32. The van der Waals surface area contributed by atoms with Crippen molar-refractivity contribution in [2.45, 2.75) is 43.7 Å². The number of ether oxygens (including phenoxy) is 2. The summed E-state index contributed by atoms with van der Waals surface area (Å²) in [5.74, 6) is 1.73. The molecule has 4 heteroatoms. The van der Waals surface area contributed by atoms with Gasteiger partial charge >= 0.3 is 0 Å². The van der Waals surface area contributed by atoms with Crippen LogP contribution in [-0.2, 0) is 0 Å². The molecule has 1 aliphatic carbocycles. The molecule has 0 unspecified atom stereocenters. The molecule has 1 heterocycles. The molecular weight excluding hydrogens is 374 g/mol. The standard InChI is InChI=1S/C26H33NO3/c1-29-23-14-13-21(19-24(23)30-2)25-22-12-6-7-15-26(22,28)16-18-27(25)17-8-11-20-9-4-3-5-10-20/h3-5,8-11,13-14,19,22,25,28H,6-7,12,15-18H2,1-2H3/b11-8+/t22-,25+,26-/m1/s1. The Bertz CT molecular complexity index is 866. The molecule has 3 atom stereocenters. The molecule has 1 saturated carbocycles. The zero-order valence-corrected chi connectivity index (χ0v) is 18.1. The van der Waals surface area contributed by atoms with E-state index in [1.54, 1.807) is 14.2 Å². The van der Waals surface area contributed by atoms with Gasteiger partial charge in [-0.2, -0.15) is 0 Å². The summed E-state index contributed by atoms with van der Waals surface area (Å²) >= 11 is 0. The molecule has 0 amide bonds. The Balaban J connectivity index is 1.64. The zero-order chi connectivity index (χ0) is 21.0. The molecule has 0 bridgehead atoms. The lowest BCUT2D eigenvalue weighted by atomic mass is 9.66. The van der Waals surface area contributed by atoms with Crippen molar-refractivity contribution in [3.63, 3.8) is 0 Å². The van der Waals surface area contributed by atoms with Crippen LogP contribution in [0.5, 0.6) is 11.5 Å². The van der Waals surface area contributed by atoms with Crippen molar-refractivity contribution in [3.8, 4) is 11.5 Å². The lowest BCUT2D eigenvalue weighted by Crippen LogP contribution is -2.54. The average Bonchev–Trinajstić information content (AvgIpc) is 2.79. The maximum absolute atomic E-state index is 11.5. The highest BCUT2D eigenvalue weighted by Crippen LogP contribution is 2.50. The number of methoxy groups -OCH3 is 2. The van der Waals surface area contributed by atoms with E-state index in [2.05, 4.69) is 53.5 Å². The number of hydrogen-bond donors (Lipinski definition) is 1. The number of nitrogens with zero attached hydrogens (tertiary/aromatic N) is 1. The van der Waals surface area contributed by atoms with Crippen molar-refractivity contribution in [3.05, 3.63) is 65.7 Å². The molecule has 2 aromatic rings. The third-order valence-electron chi connectivity index (χ3n) is 6.87. The molecule has 2 aliphatic rings. The predicted octanol–water partition coefficient (Wildman–Crippen LogP) is 5.09. The van der Waals surface area contributed by atoms with E-state index in [1.165, 1.54) is 17.5 Å². The van der Waals surface area contributed by atoms with Gasteiger partial charge in [0.15, 0.2) is 11.5 Å². The largest absolute Gasteiger partial charge is 0.493 e. The van der Waals surface area contributed by atoms with E-state index < -0.39 is 5.60 Å². The quantitative estimate of drug-likeness (QED) is 0.725. The Labute approximate surface area is 180 Å². The number of hydrogen-bond acceptors (Lipinski definition) is 4. The molecule has 30 heavy (non-hydrogen) atoms. The maximum Gasteiger partial charge on any atom is 0.161 e. The van der Waals surface area contributed by atoms with Gasteiger partial charge in [0, 0.05) is 25.0 Å². The highest BCUT2D eigenvalue weighted by atomic mass is 16.5. The van der Waals surface area contributed by atoms with Gasteiger partial charge in [-0.25, -0.2) is 0 Å². The number of likely N-dealkylation sites (tertiary alicyclic amines) is 1. The monoisotopic (exact) mass is 407 g/mol. The summed E-state index contributed by atoms with van der Waals surface area (Å²) in [4.78, 5) is 2.52. The van der Waals surface area contributed by atoms with Gasteiger partial charge in [-0.05, 0) is 42.5 Å². The first-order valence-corrected chi connectivity index (χ1v) is 11.0. The van der Waals surface area contributed by atoms with Crippen LogP contribution in [0.25, 0.3) is 6.08 Å². The van der Waals surface area contributed by atoms with E-state index in [9.17, 15) is 5.11 Å². The summed E-state index contributed by atoms with van der Waals surface area (Å²) < 4.78 is 11.0. The van der Waals surface area contributed by atoms with Crippen molar-refractivity contribution >= 4 is 6.08 Å². The second-order valence-corrected chi connectivity index (χ2v) is 8.57. The van der Waals surface area contributed by atoms with Crippen molar-refractivity contribution in [2.75, 3.05) is 27.3 Å². The van der Waals surface area contributed by atoms with E-state index in [1.807, 2.05) is 12.1 Å². The second-order valence-electron chi connectivity index (χ2n) is 8.57. The van der Waals surface area contributed by atoms with Gasteiger partial charge in [-0.3, -0.25) is 4.90 Å². The molecule has 1 N–H and O–H groups in total. The summed E-state index contributed by atoms with van der Waals surface area (Å²) in [6, 6.07) is 16.8. The fraction of sp³-hybridized carbons (Fsp3) is 0.462. The van der Waals surface area contributed by atoms with Crippen LogP contribution in [0, 0.1) is 5.92 Å². The number of fused-ring (bicyclic) bond motifs is 1. The number of aliphatic hydroxyl groups is 1. The molecule has 4 nitrogen and oxygen atoms in total. The Morgan fingerprint density at radius 2 is 1.83 bits per heavy atom. The summed E-state index contributed by atoms with van der Waals surface area (Å²) in [5.41, 5.74) is 1.85. The molecule has 0 radical (unpaired) electrons. The Kier molecular flexibility index (Phi) is 6.45. The van der Waals surface area contributed by atoms with Crippen molar-refractivity contribution in [1.29, 1.82) is 0 Å².